The summed E-state index contributed by atoms with van der Waals surface area (Å²) in [5, 5.41) is 0. The molecule has 4 aliphatic rings. The molecule has 0 N–H and O–H groups in total. The first-order valence-corrected chi connectivity index (χ1v) is 10.1. The van der Waals surface area contributed by atoms with Crippen LogP contribution in [0.15, 0.2) is 12.2 Å². The Bertz CT molecular complexity index is 593. The van der Waals surface area contributed by atoms with Crippen LogP contribution >= 0.6 is 0 Å². The van der Waals surface area contributed by atoms with Crippen molar-refractivity contribution in [3.05, 3.63) is 12.2 Å². The van der Waals surface area contributed by atoms with Crippen LogP contribution in [-0.4, -0.2) is 54.9 Å². The summed E-state index contributed by atoms with van der Waals surface area (Å²) in [6.07, 6.45) is 3.31. The van der Waals surface area contributed by atoms with Gasteiger partial charge in [0.15, 0.2) is 17.9 Å². The number of carbonyl (C=O) groups excluding carboxylic acids is 1. The molecule has 3 unspecified atom stereocenters. The van der Waals surface area contributed by atoms with Gasteiger partial charge >= 0.3 is 5.97 Å². The predicted molar refractivity (Wildman–Crippen MR) is 94.7 cm³/mol. The molecule has 4 rings (SSSR count). The minimum Gasteiger partial charge on any atom is -0.459 e. The van der Waals surface area contributed by atoms with Gasteiger partial charge in [0, 0.05) is 18.4 Å². The van der Waals surface area contributed by atoms with Crippen LogP contribution in [0.4, 0.5) is 0 Å². The highest BCUT2D eigenvalue weighted by atomic mass is 16.9. The van der Waals surface area contributed by atoms with Gasteiger partial charge in [0.1, 0.15) is 31.0 Å². The summed E-state index contributed by atoms with van der Waals surface area (Å²) in [5.74, 6) is -1.68. The Morgan fingerprint density at radius 3 is 2.33 bits per heavy atom. The van der Waals surface area contributed by atoms with E-state index in [0.717, 1.165) is 38.5 Å². The highest BCUT2D eigenvalue weighted by Gasteiger charge is 2.63. The van der Waals surface area contributed by atoms with Crippen LogP contribution in [0.25, 0.3) is 0 Å². The third-order valence-corrected chi connectivity index (χ3v) is 6.14. The maximum absolute atomic E-state index is 11.8. The molecule has 1 spiro atoms. The van der Waals surface area contributed by atoms with Gasteiger partial charge in [0.2, 0.25) is 0 Å². The molecule has 3 heterocycles. The van der Waals surface area contributed by atoms with E-state index in [0.29, 0.717) is 5.57 Å². The molecule has 3 saturated heterocycles. The summed E-state index contributed by atoms with van der Waals surface area (Å²) >= 11 is 0. The maximum Gasteiger partial charge on any atom is 0.333 e. The van der Waals surface area contributed by atoms with Gasteiger partial charge in [0.25, 0.3) is 0 Å². The Hall–Kier alpha value is -0.990. The molecule has 3 aliphatic heterocycles. The zero-order valence-corrected chi connectivity index (χ0v) is 16.4. The average Bonchev–Trinajstić information content (AvgIpc) is 3.36. The Kier molecular flexibility index (Phi) is 5.10. The molecule has 0 bridgehead atoms. The molecule has 7 nitrogen and oxygen atoms in total. The van der Waals surface area contributed by atoms with Crippen molar-refractivity contribution in [2.24, 2.45) is 0 Å². The second kappa shape index (κ2) is 7.12. The fourth-order valence-electron chi connectivity index (χ4n) is 4.53. The fourth-order valence-corrected chi connectivity index (χ4v) is 4.53. The highest BCUT2D eigenvalue weighted by Crippen LogP contribution is 2.50. The van der Waals surface area contributed by atoms with Crippen molar-refractivity contribution in [3.8, 4) is 0 Å². The number of hydrogen-bond acceptors (Lipinski definition) is 7. The quantitative estimate of drug-likeness (QED) is 0.535. The summed E-state index contributed by atoms with van der Waals surface area (Å²) in [7, 11) is 0. The summed E-state index contributed by atoms with van der Waals surface area (Å²) in [4.78, 5) is 11.8. The van der Waals surface area contributed by atoms with E-state index in [9.17, 15) is 4.79 Å². The van der Waals surface area contributed by atoms with Gasteiger partial charge < -0.3 is 28.4 Å². The van der Waals surface area contributed by atoms with Gasteiger partial charge in [-0.05, 0) is 32.6 Å². The Balaban J connectivity index is 1.55. The van der Waals surface area contributed by atoms with Crippen LogP contribution in [0.5, 0.6) is 0 Å². The second-order valence-corrected chi connectivity index (χ2v) is 8.02. The molecule has 152 valence electrons. The van der Waals surface area contributed by atoms with Crippen molar-refractivity contribution in [2.75, 3.05) is 6.61 Å². The molecule has 27 heavy (non-hydrogen) atoms. The average molecular weight is 382 g/mol. The molecule has 0 aromatic carbocycles. The molecule has 7 heteroatoms. The van der Waals surface area contributed by atoms with Crippen LogP contribution < -0.4 is 0 Å². The molecular weight excluding hydrogens is 352 g/mol. The first-order chi connectivity index (χ1) is 12.9. The second-order valence-electron chi connectivity index (χ2n) is 8.02. The van der Waals surface area contributed by atoms with Crippen molar-refractivity contribution in [3.63, 3.8) is 0 Å². The first kappa shape index (κ1) is 19.3. The lowest BCUT2D eigenvalue weighted by atomic mass is 9.99. The van der Waals surface area contributed by atoms with E-state index >= 15 is 0 Å². The molecule has 1 aliphatic carbocycles. The van der Waals surface area contributed by atoms with Gasteiger partial charge in [-0.2, -0.15) is 0 Å². The Labute approximate surface area is 160 Å². The summed E-state index contributed by atoms with van der Waals surface area (Å²) in [6.45, 7) is 9.39. The maximum atomic E-state index is 11.8. The molecule has 0 aromatic rings. The van der Waals surface area contributed by atoms with Crippen LogP contribution in [-0.2, 0) is 33.2 Å². The molecule has 4 fully saturated rings. The first-order valence-electron chi connectivity index (χ1n) is 10.1. The smallest absolute Gasteiger partial charge is 0.333 e. The van der Waals surface area contributed by atoms with Gasteiger partial charge in [-0.1, -0.05) is 20.4 Å². The van der Waals surface area contributed by atoms with Gasteiger partial charge in [-0.15, -0.1) is 0 Å². The summed E-state index contributed by atoms with van der Waals surface area (Å²) in [5.41, 5.74) is 0.354. The van der Waals surface area contributed by atoms with E-state index < -0.39 is 29.9 Å². The molecule has 0 radical (unpaired) electrons. The summed E-state index contributed by atoms with van der Waals surface area (Å²) < 4.78 is 36.8. The van der Waals surface area contributed by atoms with Gasteiger partial charge in [0.05, 0.1) is 0 Å². The molecular formula is C20H30O7. The topological polar surface area (TPSA) is 72.5 Å². The normalized spacial score (nSPS) is 38.6. The van der Waals surface area contributed by atoms with E-state index in [4.69, 9.17) is 28.4 Å². The fraction of sp³-hybridized carbons (Fsp3) is 0.850. The third-order valence-electron chi connectivity index (χ3n) is 6.14. The van der Waals surface area contributed by atoms with Crippen molar-refractivity contribution in [1.29, 1.82) is 0 Å². The highest BCUT2D eigenvalue weighted by molar-refractivity contribution is 5.86. The number of hydrogen-bond donors (Lipinski definition) is 0. The minimum absolute atomic E-state index is 0.0735. The number of rotatable bonds is 5. The number of ether oxygens (including phenoxy) is 6. The van der Waals surface area contributed by atoms with Crippen LogP contribution in [0.1, 0.15) is 59.3 Å². The van der Waals surface area contributed by atoms with E-state index in [2.05, 4.69) is 6.58 Å². The van der Waals surface area contributed by atoms with Crippen molar-refractivity contribution in [2.45, 2.75) is 102 Å². The standard InChI is InChI=1S/C20H30O7/c1-5-19(6-2)26-16-15-14(24-20(25-15)9-7-8-10-20)13(23-18(16)27-19)11-22-17(21)12(3)4/h13-16,18H,3,5-11H2,1-2,4H3/t13?,14?,15?,16-,18-/m1/s1. The zero-order chi connectivity index (χ0) is 19.2. The lowest BCUT2D eigenvalue weighted by molar-refractivity contribution is -0.249. The minimum atomic E-state index is -0.669. The van der Waals surface area contributed by atoms with Gasteiger partial charge in [-0.3, -0.25) is 0 Å². The lowest BCUT2D eigenvalue weighted by Gasteiger charge is -2.36. The van der Waals surface area contributed by atoms with Crippen LogP contribution in [0.2, 0.25) is 0 Å². The Morgan fingerprint density at radius 1 is 1.04 bits per heavy atom. The molecule has 1 saturated carbocycles. The Morgan fingerprint density at radius 2 is 1.70 bits per heavy atom. The number of fused-ring (bicyclic) bond motifs is 3. The van der Waals surface area contributed by atoms with E-state index in [1.165, 1.54) is 0 Å². The summed E-state index contributed by atoms with van der Waals surface area (Å²) in [6, 6.07) is 0. The van der Waals surface area contributed by atoms with Crippen molar-refractivity contribution in [1.82, 2.24) is 0 Å². The lowest BCUT2D eigenvalue weighted by Crippen LogP contribution is -2.56. The molecule has 0 amide bonds. The van der Waals surface area contributed by atoms with E-state index in [1.807, 2.05) is 13.8 Å². The predicted octanol–water partition coefficient (Wildman–Crippen LogP) is 2.82. The van der Waals surface area contributed by atoms with Crippen molar-refractivity contribution < 1.29 is 33.2 Å². The van der Waals surface area contributed by atoms with Crippen molar-refractivity contribution >= 4 is 5.97 Å². The SMILES string of the molecule is C=C(C)C(=O)OCC1O[C@@H]2OC(CC)(CC)O[C@@H]2C2OC3(CCCC3)OC12. The van der Waals surface area contributed by atoms with Crippen LogP contribution in [0, 0.1) is 0 Å². The zero-order valence-electron chi connectivity index (χ0n) is 16.4. The van der Waals surface area contributed by atoms with E-state index in [-0.39, 0.29) is 24.9 Å². The molecule has 5 atom stereocenters. The van der Waals surface area contributed by atoms with E-state index in [1.54, 1.807) is 6.92 Å². The van der Waals surface area contributed by atoms with Gasteiger partial charge in [-0.25, -0.2) is 4.79 Å². The largest absolute Gasteiger partial charge is 0.459 e. The number of esters is 1. The monoisotopic (exact) mass is 382 g/mol. The number of carbonyl (C=O) groups is 1. The van der Waals surface area contributed by atoms with Crippen LogP contribution in [0.3, 0.4) is 0 Å². The third kappa shape index (κ3) is 3.34. The molecule has 0 aromatic heterocycles.